The van der Waals surface area contributed by atoms with E-state index in [9.17, 15) is 9.90 Å². The maximum Gasteiger partial charge on any atom is 0.511 e. The van der Waals surface area contributed by atoms with Crippen molar-refractivity contribution in [2.45, 2.75) is 59.3 Å². The number of rotatable bonds is 9. The quantitative estimate of drug-likeness (QED) is 0.517. The summed E-state index contributed by atoms with van der Waals surface area (Å²) < 4.78 is 10.5. The van der Waals surface area contributed by atoms with Crippen molar-refractivity contribution in [3.8, 4) is 17.2 Å². The zero-order valence-corrected chi connectivity index (χ0v) is 13.6. The van der Waals surface area contributed by atoms with E-state index in [0.717, 1.165) is 25.7 Å². The van der Waals surface area contributed by atoms with Gasteiger partial charge in [0.25, 0.3) is 0 Å². The topological polar surface area (TPSA) is 76.0 Å². The number of aryl methyl sites for hydroxylation is 1. The van der Waals surface area contributed by atoms with Gasteiger partial charge in [0.05, 0.1) is 6.61 Å². The zero-order valence-electron chi connectivity index (χ0n) is 13.6. The molecule has 0 aliphatic rings. The highest BCUT2D eigenvalue weighted by molar-refractivity contribution is 5.67. The summed E-state index contributed by atoms with van der Waals surface area (Å²) in [6.45, 7) is 6.48. The lowest BCUT2D eigenvalue weighted by molar-refractivity contribution is 0.142. The Kier molecular flexibility index (Phi) is 7.57. The molecule has 0 unspecified atom stereocenters. The van der Waals surface area contributed by atoms with Gasteiger partial charge in [0.1, 0.15) is 5.75 Å². The van der Waals surface area contributed by atoms with Crippen LogP contribution >= 0.6 is 0 Å². The predicted molar refractivity (Wildman–Crippen MR) is 85.2 cm³/mol. The van der Waals surface area contributed by atoms with Gasteiger partial charge in [0.15, 0.2) is 11.5 Å². The summed E-state index contributed by atoms with van der Waals surface area (Å²) in [5.74, 6) is 0.570. The van der Waals surface area contributed by atoms with Gasteiger partial charge in [-0.3, -0.25) is 0 Å². The third kappa shape index (κ3) is 4.83. The van der Waals surface area contributed by atoms with Crippen molar-refractivity contribution in [3.63, 3.8) is 0 Å². The smallest absolute Gasteiger partial charge is 0.504 e. The molecule has 0 radical (unpaired) electrons. The highest BCUT2D eigenvalue weighted by atomic mass is 16.7. The first-order valence-electron chi connectivity index (χ1n) is 7.96. The molecular weight excluding hydrogens is 284 g/mol. The Morgan fingerprint density at radius 3 is 2.32 bits per heavy atom. The highest BCUT2D eigenvalue weighted by Gasteiger charge is 2.21. The van der Waals surface area contributed by atoms with Crippen molar-refractivity contribution in [2.75, 3.05) is 6.61 Å². The number of ether oxygens (including phenoxy) is 2. The average Bonchev–Trinajstić information content (AvgIpc) is 2.48. The molecule has 0 aromatic heterocycles. The van der Waals surface area contributed by atoms with Crippen molar-refractivity contribution in [1.82, 2.24) is 0 Å². The molecule has 1 aromatic rings. The second-order valence-electron chi connectivity index (χ2n) is 5.20. The van der Waals surface area contributed by atoms with Gasteiger partial charge in [-0.05, 0) is 38.7 Å². The van der Waals surface area contributed by atoms with Gasteiger partial charge < -0.3 is 19.7 Å². The molecule has 5 heteroatoms. The third-order valence-corrected chi connectivity index (χ3v) is 3.46. The Hall–Kier alpha value is -1.91. The molecule has 0 aliphatic heterocycles. The first-order chi connectivity index (χ1) is 10.5. The fraction of sp³-hybridized carbons (Fsp3) is 0.588. The van der Waals surface area contributed by atoms with Crippen LogP contribution in [0, 0.1) is 0 Å². The molecule has 124 valence electrons. The van der Waals surface area contributed by atoms with E-state index in [1.54, 1.807) is 0 Å². The second kappa shape index (κ2) is 9.18. The molecule has 0 aliphatic carbocycles. The molecule has 22 heavy (non-hydrogen) atoms. The lowest BCUT2D eigenvalue weighted by atomic mass is 9.99. The Balaban J connectivity index is 3.32. The number of aromatic hydroxyl groups is 1. The number of hydrogen-bond donors (Lipinski definition) is 2. The first-order valence-corrected chi connectivity index (χ1v) is 7.96. The van der Waals surface area contributed by atoms with Gasteiger partial charge >= 0.3 is 6.16 Å². The lowest BCUT2D eigenvalue weighted by Gasteiger charge is -2.18. The summed E-state index contributed by atoms with van der Waals surface area (Å²) in [5.41, 5.74) is 1.30. The van der Waals surface area contributed by atoms with Crippen LogP contribution in [0.25, 0.3) is 0 Å². The Labute approximate surface area is 131 Å². The number of unbranched alkanes of at least 4 members (excludes halogenated alkanes) is 2. The fourth-order valence-corrected chi connectivity index (χ4v) is 2.35. The maximum absolute atomic E-state index is 10.9. The Bertz CT molecular complexity index is 496. The summed E-state index contributed by atoms with van der Waals surface area (Å²) in [6, 6.07) is 1.81. The number of phenolic OH excluding ortho intramolecular Hbond substituents is 1. The minimum atomic E-state index is -1.42. The minimum absolute atomic E-state index is 0.0514. The van der Waals surface area contributed by atoms with Crippen LogP contribution in [0.3, 0.4) is 0 Å². The highest BCUT2D eigenvalue weighted by Crippen LogP contribution is 2.41. The van der Waals surface area contributed by atoms with Gasteiger partial charge in [-0.15, -0.1) is 0 Å². The first kappa shape index (κ1) is 18.1. The molecule has 0 spiro atoms. The van der Waals surface area contributed by atoms with Crippen LogP contribution in [0.2, 0.25) is 0 Å². The van der Waals surface area contributed by atoms with Gasteiger partial charge in [-0.2, -0.15) is 0 Å². The lowest BCUT2D eigenvalue weighted by Crippen LogP contribution is -2.08. The summed E-state index contributed by atoms with van der Waals surface area (Å²) >= 11 is 0. The van der Waals surface area contributed by atoms with E-state index < -0.39 is 6.16 Å². The number of carbonyl (C=O) groups is 1. The zero-order chi connectivity index (χ0) is 16.5. The van der Waals surface area contributed by atoms with Crippen molar-refractivity contribution < 1.29 is 24.5 Å². The number of benzene rings is 1. The van der Waals surface area contributed by atoms with Crippen LogP contribution in [0.5, 0.6) is 17.2 Å². The van der Waals surface area contributed by atoms with Gasteiger partial charge in [0.2, 0.25) is 0 Å². The van der Waals surface area contributed by atoms with Crippen molar-refractivity contribution in [3.05, 3.63) is 17.2 Å². The van der Waals surface area contributed by atoms with Crippen molar-refractivity contribution in [1.29, 1.82) is 0 Å². The van der Waals surface area contributed by atoms with E-state index in [-0.39, 0.29) is 11.5 Å². The van der Waals surface area contributed by atoms with Gasteiger partial charge in [0, 0.05) is 11.1 Å². The molecule has 1 aromatic carbocycles. The molecule has 5 nitrogen and oxygen atoms in total. The standard InChI is InChI=1S/C17H26O5/c1-4-7-9-12-11-14(21-6-3)13(10-8-5-2)15(18)16(12)22-17(19)20/h11,18H,4-10H2,1-3H3,(H,19,20). The van der Waals surface area contributed by atoms with Crippen molar-refractivity contribution >= 4 is 6.16 Å². The maximum atomic E-state index is 10.9. The Morgan fingerprint density at radius 2 is 1.77 bits per heavy atom. The molecule has 0 amide bonds. The number of phenols is 1. The number of carboxylic acid groups (broad SMARTS) is 1. The van der Waals surface area contributed by atoms with Crippen LogP contribution in [0.15, 0.2) is 6.07 Å². The van der Waals surface area contributed by atoms with Gasteiger partial charge in [-0.1, -0.05) is 26.7 Å². The van der Waals surface area contributed by atoms with Gasteiger partial charge in [-0.25, -0.2) is 4.79 Å². The van der Waals surface area contributed by atoms with Crippen molar-refractivity contribution in [2.24, 2.45) is 0 Å². The summed E-state index contributed by atoms with van der Waals surface area (Å²) in [7, 11) is 0. The molecule has 1 rings (SSSR count). The van der Waals surface area contributed by atoms with E-state index in [2.05, 4.69) is 13.8 Å². The number of hydrogen-bond acceptors (Lipinski definition) is 4. The normalized spacial score (nSPS) is 10.5. The Morgan fingerprint density at radius 1 is 1.14 bits per heavy atom. The minimum Gasteiger partial charge on any atom is -0.504 e. The largest absolute Gasteiger partial charge is 0.511 e. The molecule has 0 atom stereocenters. The fourth-order valence-electron chi connectivity index (χ4n) is 2.35. The third-order valence-electron chi connectivity index (χ3n) is 3.46. The van der Waals surface area contributed by atoms with Crippen LogP contribution in [0.4, 0.5) is 4.79 Å². The second-order valence-corrected chi connectivity index (χ2v) is 5.20. The molecule has 0 saturated heterocycles. The summed E-state index contributed by atoms with van der Waals surface area (Å²) in [6.07, 6.45) is 3.55. The van der Waals surface area contributed by atoms with Crippen LogP contribution < -0.4 is 9.47 Å². The van der Waals surface area contributed by atoms with Crippen LogP contribution in [-0.4, -0.2) is 23.0 Å². The molecule has 2 N–H and O–H groups in total. The molecular formula is C17H26O5. The average molecular weight is 310 g/mol. The van der Waals surface area contributed by atoms with E-state index in [0.29, 0.717) is 36.3 Å². The van der Waals surface area contributed by atoms with E-state index >= 15 is 0 Å². The molecule has 0 bridgehead atoms. The van der Waals surface area contributed by atoms with Crippen LogP contribution in [-0.2, 0) is 12.8 Å². The van der Waals surface area contributed by atoms with E-state index in [1.807, 2.05) is 13.0 Å². The molecule has 0 saturated carbocycles. The van der Waals surface area contributed by atoms with E-state index in [4.69, 9.17) is 14.6 Å². The van der Waals surface area contributed by atoms with E-state index in [1.165, 1.54) is 0 Å². The van der Waals surface area contributed by atoms with Crippen LogP contribution in [0.1, 0.15) is 57.6 Å². The SMILES string of the molecule is CCCCc1cc(OCC)c(CCCC)c(O)c1OC(=O)O. The predicted octanol–water partition coefficient (Wildman–Crippen LogP) is 4.53. The summed E-state index contributed by atoms with van der Waals surface area (Å²) in [4.78, 5) is 10.9. The summed E-state index contributed by atoms with van der Waals surface area (Å²) in [5, 5.41) is 19.4. The molecule has 0 fully saturated rings. The molecule has 0 heterocycles. The monoisotopic (exact) mass is 310 g/mol.